The highest BCUT2D eigenvalue weighted by Gasteiger charge is 2.13. The molecule has 76 valence electrons. The lowest BCUT2D eigenvalue weighted by molar-refractivity contribution is 0.810. The molecule has 0 aliphatic rings. The monoisotopic (exact) mass is 217 g/mol. The maximum absolute atomic E-state index is 8.93. The third-order valence-electron chi connectivity index (χ3n) is 2.28. The summed E-state index contributed by atoms with van der Waals surface area (Å²) in [5.41, 5.74) is 2.02. The second kappa shape index (κ2) is 4.28. The highest BCUT2D eigenvalue weighted by atomic mass is 32.1. The molecule has 1 unspecified atom stereocenters. The minimum absolute atomic E-state index is 0.0670. The van der Waals surface area contributed by atoms with Crippen LogP contribution < -0.4 is 0 Å². The number of nitrogens with one attached hydrogen (secondary N) is 1. The summed E-state index contributed by atoms with van der Waals surface area (Å²) < 4.78 is 0. The van der Waals surface area contributed by atoms with Gasteiger partial charge in [0.15, 0.2) is 0 Å². The van der Waals surface area contributed by atoms with Gasteiger partial charge in [0, 0.05) is 23.3 Å². The Morgan fingerprint density at radius 1 is 1.67 bits per heavy atom. The Balaban J connectivity index is 2.29. The topological polar surface area (TPSA) is 52.5 Å². The molecule has 2 aromatic rings. The van der Waals surface area contributed by atoms with Gasteiger partial charge in [0.1, 0.15) is 5.01 Å². The molecular weight excluding hydrogens is 206 g/mol. The van der Waals surface area contributed by atoms with E-state index >= 15 is 0 Å². The Morgan fingerprint density at radius 3 is 3.13 bits per heavy atom. The van der Waals surface area contributed by atoms with Crippen molar-refractivity contribution >= 4 is 11.3 Å². The van der Waals surface area contributed by atoms with Gasteiger partial charge in [-0.2, -0.15) is 5.26 Å². The third kappa shape index (κ3) is 1.92. The van der Waals surface area contributed by atoms with Gasteiger partial charge in [-0.3, -0.25) is 0 Å². The molecule has 0 fully saturated rings. The molecule has 3 nitrogen and oxygen atoms in total. The van der Waals surface area contributed by atoms with E-state index in [0.717, 1.165) is 22.7 Å². The minimum atomic E-state index is -0.0670. The van der Waals surface area contributed by atoms with Crippen LogP contribution in [0.2, 0.25) is 0 Å². The fraction of sp³-hybridized carbons (Fsp3) is 0.273. The van der Waals surface area contributed by atoms with Crippen molar-refractivity contribution in [3.8, 4) is 17.3 Å². The molecule has 0 saturated heterocycles. The normalized spacial score (nSPS) is 12.3. The Kier molecular flexibility index (Phi) is 2.84. The zero-order valence-corrected chi connectivity index (χ0v) is 9.21. The molecule has 0 radical (unpaired) electrons. The number of H-pyrrole nitrogens is 1. The maximum atomic E-state index is 8.93. The molecule has 0 saturated carbocycles. The van der Waals surface area contributed by atoms with Crippen molar-refractivity contribution in [2.45, 2.75) is 19.3 Å². The second-order valence-corrected chi connectivity index (χ2v) is 4.15. The number of nitrogens with zero attached hydrogens (tertiary/aromatic N) is 2. The van der Waals surface area contributed by atoms with E-state index in [1.807, 2.05) is 30.8 Å². The van der Waals surface area contributed by atoms with Gasteiger partial charge < -0.3 is 4.98 Å². The number of hydrogen-bond acceptors (Lipinski definition) is 3. The van der Waals surface area contributed by atoms with E-state index in [0.29, 0.717) is 0 Å². The van der Waals surface area contributed by atoms with Crippen molar-refractivity contribution in [3.63, 3.8) is 0 Å². The molecule has 1 atom stereocenters. The maximum Gasteiger partial charge on any atom is 0.110 e. The highest BCUT2D eigenvalue weighted by Crippen LogP contribution is 2.27. The number of thiazole rings is 1. The summed E-state index contributed by atoms with van der Waals surface area (Å²) in [6.45, 7) is 2.01. The van der Waals surface area contributed by atoms with Crippen LogP contribution in [-0.2, 0) is 0 Å². The van der Waals surface area contributed by atoms with Gasteiger partial charge in [-0.25, -0.2) is 4.98 Å². The van der Waals surface area contributed by atoms with Crippen molar-refractivity contribution in [3.05, 3.63) is 28.8 Å². The summed E-state index contributed by atoms with van der Waals surface area (Å²) in [7, 11) is 0. The Morgan fingerprint density at radius 2 is 2.53 bits per heavy atom. The van der Waals surface area contributed by atoms with Crippen molar-refractivity contribution in [1.29, 1.82) is 5.26 Å². The average Bonchev–Trinajstić information content (AvgIpc) is 2.89. The van der Waals surface area contributed by atoms with Crippen LogP contribution in [0.15, 0.2) is 23.8 Å². The first kappa shape index (κ1) is 9.94. The van der Waals surface area contributed by atoms with Crippen molar-refractivity contribution < 1.29 is 0 Å². The fourth-order valence-corrected chi connectivity index (χ4v) is 2.34. The Bertz CT molecular complexity index is 464. The Labute approximate surface area is 92.4 Å². The fourth-order valence-electron chi connectivity index (χ4n) is 1.38. The van der Waals surface area contributed by atoms with Crippen molar-refractivity contribution in [2.75, 3.05) is 0 Å². The lowest BCUT2D eigenvalue weighted by atomic mass is 10.1. The molecule has 0 aliphatic heterocycles. The third-order valence-corrected chi connectivity index (χ3v) is 3.24. The molecule has 15 heavy (non-hydrogen) atoms. The SMILES string of the molecule is CCC(C#N)c1nc(-c2cc[nH]c2)cs1. The number of aromatic amines is 1. The lowest BCUT2D eigenvalue weighted by Crippen LogP contribution is -1.92. The standard InChI is InChI=1S/C11H11N3S/c1-2-8(5-12)11-14-10(7-15-11)9-3-4-13-6-9/h3-4,6-8,13H,2H2,1H3. The van der Waals surface area contributed by atoms with E-state index in [9.17, 15) is 0 Å². The Hall–Kier alpha value is -1.60. The molecular formula is C11H11N3S. The van der Waals surface area contributed by atoms with Gasteiger partial charge in [0.25, 0.3) is 0 Å². The van der Waals surface area contributed by atoms with Crippen molar-refractivity contribution in [1.82, 2.24) is 9.97 Å². The van der Waals surface area contributed by atoms with Crippen LogP contribution >= 0.6 is 11.3 Å². The predicted octanol–water partition coefficient (Wildman–Crippen LogP) is 3.16. The van der Waals surface area contributed by atoms with E-state index in [2.05, 4.69) is 16.0 Å². The number of nitriles is 1. The first-order valence-corrected chi connectivity index (χ1v) is 5.71. The summed E-state index contributed by atoms with van der Waals surface area (Å²) in [4.78, 5) is 7.47. The van der Waals surface area contributed by atoms with Gasteiger partial charge >= 0.3 is 0 Å². The molecule has 0 spiro atoms. The lowest BCUT2D eigenvalue weighted by Gasteiger charge is -1.98. The van der Waals surface area contributed by atoms with Crippen LogP contribution in [0.1, 0.15) is 24.3 Å². The zero-order valence-electron chi connectivity index (χ0n) is 8.40. The van der Waals surface area contributed by atoms with Gasteiger partial charge in [-0.05, 0) is 12.5 Å². The molecule has 0 aromatic carbocycles. The summed E-state index contributed by atoms with van der Waals surface area (Å²) in [6, 6.07) is 4.25. The second-order valence-electron chi connectivity index (χ2n) is 3.26. The molecule has 2 rings (SSSR count). The molecule has 0 bridgehead atoms. The number of hydrogen-bond donors (Lipinski definition) is 1. The van der Waals surface area contributed by atoms with Crippen LogP contribution in [0.4, 0.5) is 0 Å². The molecule has 4 heteroatoms. The summed E-state index contributed by atoms with van der Waals surface area (Å²) in [5, 5.41) is 11.8. The van der Waals surface area contributed by atoms with Gasteiger partial charge in [-0.1, -0.05) is 6.92 Å². The van der Waals surface area contributed by atoms with Crippen LogP contribution in [0.25, 0.3) is 11.3 Å². The van der Waals surface area contributed by atoms with Crippen LogP contribution in [-0.4, -0.2) is 9.97 Å². The van der Waals surface area contributed by atoms with Gasteiger partial charge in [-0.15, -0.1) is 11.3 Å². The van der Waals surface area contributed by atoms with Gasteiger partial charge in [0.05, 0.1) is 17.7 Å². The van der Waals surface area contributed by atoms with Crippen LogP contribution in [0.3, 0.4) is 0 Å². The van der Waals surface area contributed by atoms with E-state index in [1.54, 1.807) is 11.3 Å². The average molecular weight is 217 g/mol. The van der Waals surface area contributed by atoms with Crippen LogP contribution in [0, 0.1) is 11.3 Å². The summed E-state index contributed by atoms with van der Waals surface area (Å²) in [6.07, 6.45) is 4.60. The largest absolute Gasteiger partial charge is 0.367 e. The summed E-state index contributed by atoms with van der Waals surface area (Å²) >= 11 is 1.56. The van der Waals surface area contributed by atoms with Crippen LogP contribution in [0.5, 0.6) is 0 Å². The zero-order chi connectivity index (χ0) is 10.7. The van der Waals surface area contributed by atoms with E-state index in [4.69, 9.17) is 5.26 Å². The van der Waals surface area contributed by atoms with E-state index in [1.165, 1.54) is 0 Å². The number of aromatic nitrogens is 2. The first-order valence-electron chi connectivity index (χ1n) is 4.83. The molecule has 2 heterocycles. The molecule has 2 aromatic heterocycles. The minimum Gasteiger partial charge on any atom is -0.367 e. The highest BCUT2D eigenvalue weighted by molar-refractivity contribution is 7.10. The first-order chi connectivity index (χ1) is 7.35. The molecule has 0 amide bonds. The summed E-state index contributed by atoms with van der Waals surface area (Å²) in [5.74, 6) is -0.0670. The predicted molar refractivity (Wildman–Crippen MR) is 60.5 cm³/mol. The van der Waals surface area contributed by atoms with E-state index < -0.39 is 0 Å². The molecule has 0 aliphatic carbocycles. The quantitative estimate of drug-likeness (QED) is 0.858. The van der Waals surface area contributed by atoms with E-state index in [-0.39, 0.29) is 5.92 Å². The number of rotatable bonds is 3. The molecule has 1 N–H and O–H groups in total. The smallest absolute Gasteiger partial charge is 0.110 e. The van der Waals surface area contributed by atoms with Gasteiger partial charge in [0.2, 0.25) is 0 Å². The van der Waals surface area contributed by atoms with Crippen molar-refractivity contribution in [2.24, 2.45) is 0 Å².